The van der Waals surface area contributed by atoms with Crippen molar-refractivity contribution in [3.8, 4) is 0 Å². The van der Waals surface area contributed by atoms with Gasteiger partial charge >= 0.3 is 0 Å². The van der Waals surface area contributed by atoms with Gasteiger partial charge < -0.3 is 15.5 Å². The molecular weight excluding hydrogens is 302 g/mol. The third-order valence-electron chi connectivity index (χ3n) is 4.76. The number of thiocarbonyl (C=S) groups is 1. The van der Waals surface area contributed by atoms with E-state index in [1.54, 1.807) is 0 Å². The Hall–Kier alpha value is -1.13. The van der Waals surface area contributed by atoms with E-state index in [4.69, 9.17) is 12.2 Å². The molecule has 23 heavy (non-hydrogen) atoms. The van der Waals surface area contributed by atoms with Gasteiger partial charge in [0.05, 0.1) is 0 Å². The zero-order valence-corrected chi connectivity index (χ0v) is 15.6. The van der Waals surface area contributed by atoms with Crippen LogP contribution in [0.25, 0.3) is 0 Å². The van der Waals surface area contributed by atoms with E-state index in [9.17, 15) is 0 Å². The van der Waals surface area contributed by atoms with Gasteiger partial charge in [-0.2, -0.15) is 0 Å². The van der Waals surface area contributed by atoms with E-state index in [-0.39, 0.29) is 0 Å². The Bertz CT molecular complexity index is 515. The van der Waals surface area contributed by atoms with Gasteiger partial charge in [0.1, 0.15) is 0 Å². The lowest BCUT2D eigenvalue weighted by atomic mass is 10.00. The number of likely N-dealkylation sites (tertiary alicyclic amines) is 1. The maximum absolute atomic E-state index is 5.41. The van der Waals surface area contributed by atoms with E-state index in [0.29, 0.717) is 0 Å². The average molecular weight is 334 g/mol. The first-order chi connectivity index (χ1) is 11.1. The molecule has 0 amide bonds. The quantitative estimate of drug-likeness (QED) is 0.601. The summed E-state index contributed by atoms with van der Waals surface area (Å²) in [7, 11) is 0. The normalized spacial score (nSPS) is 18.7. The van der Waals surface area contributed by atoms with Crippen molar-refractivity contribution >= 4 is 23.0 Å². The van der Waals surface area contributed by atoms with E-state index >= 15 is 0 Å². The molecule has 0 bridgehead atoms. The SMILES string of the molecule is CC[C@H]1CCCCN1CCCNC(=S)Nc1ccc(C)cc1C. The number of hydrogen-bond donors (Lipinski definition) is 2. The van der Waals surface area contributed by atoms with Gasteiger partial charge in [-0.05, 0) is 69.9 Å². The van der Waals surface area contributed by atoms with E-state index in [1.165, 1.54) is 49.9 Å². The van der Waals surface area contributed by atoms with Crippen molar-refractivity contribution in [3.05, 3.63) is 29.3 Å². The van der Waals surface area contributed by atoms with Gasteiger partial charge in [-0.25, -0.2) is 0 Å². The van der Waals surface area contributed by atoms with Gasteiger partial charge in [-0.3, -0.25) is 0 Å². The third-order valence-corrected chi connectivity index (χ3v) is 5.00. The van der Waals surface area contributed by atoms with Crippen LogP contribution in [0.15, 0.2) is 18.2 Å². The van der Waals surface area contributed by atoms with E-state index in [0.717, 1.165) is 29.8 Å². The molecular formula is C19H31N3S. The van der Waals surface area contributed by atoms with Gasteiger partial charge in [0.15, 0.2) is 5.11 Å². The summed E-state index contributed by atoms with van der Waals surface area (Å²) in [6.45, 7) is 9.91. The molecule has 0 unspecified atom stereocenters. The molecule has 1 heterocycles. The zero-order valence-electron chi connectivity index (χ0n) is 14.8. The summed E-state index contributed by atoms with van der Waals surface area (Å²) in [6, 6.07) is 7.17. The van der Waals surface area contributed by atoms with Crippen molar-refractivity contribution < 1.29 is 0 Å². The molecule has 0 aliphatic carbocycles. The molecule has 1 atom stereocenters. The number of rotatable bonds is 6. The molecule has 0 spiro atoms. The number of piperidine rings is 1. The highest BCUT2D eigenvalue weighted by atomic mass is 32.1. The third kappa shape index (κ3) is 5.78. The number of benzene rings is 1. The lowest BCUT2D eigenvalue weighted by Gasteiger charge is -2.35. The van der Waals surface area contributed by atoms with Crippen molar-refractivity contribution in [3.63, 3.8) is 0 Å². The average Bonchev–Trinajstić information content (AvgIpc) is 2.54. The highest BCUT2D eigenvalue weighted by Gasteiger charge is 2.19. The summed E-state index contributed by atoms with van der Waals surface area (Å²) >= 11 is 5.41. The number of hydrogen-bond acceptors (Lipinski definition) is 2. The summed E-state index contributed by atoms with van der Waals surface area (Å²) in [5.41, 5.74) is 3.60. The summed E-state index contributed by atoms with van der Waals surface area (Å²) in [5.74, 6) is 0. The summed E-state index contributed by atoms with van der Waals surface area (Å²) < 4.78 is 0. The smallest absolute Gasteiger partial charge is 0.170 e. The molecule has 1 fully saturated rings. The predicted octanol–water partition coefficient (Wildman–Crippen LogP) is 4.24. The maximum Gasteiger partial charge on any atom is 0.170 e. The van der Waals surface area contributed by atoms with Crippen LogP contribution in [-0.2, 0) is 0 Å². The molecule has 1 saturated heterocycles. The Kier molecular flexibility index (Phi) is 7.31. The number of aryl methyl sites for hydroxylation is 2. The lowest BCUT2D eigenvalue weighted by Crippen LogP contribution is -2.41. The van der Waals surface area contributed by atoms with Gasteiger partial charge in [0, 0.05) is 24.8 Å². The molecule has 128 valence electrons. The van der Waals surface area contributed by atoms with Crippen molar-refractivity contribution in [2.24, 2.45) is 0 Å². The fraction of sp³-hybridized carbons (Fsp3) is 0.632. The first-order valence-corrected chi connectivity index (χ1v) is 9.37. The highest BCUT2D eigenvalue weighted by molar-refractivity contribution is 7.80. The number of nitrogens with one attached hydrogen (secondary N) is 2. The Balaban J connectivity index is 1.68. The van der Waals surface area contributed by atoms with Crippen molar-refractivity contribution in [2.75, 3.05) is 25.0 Å². The van der Waals surface area contributed by atoms with Gasteiger partial charge in [-0.15, -0.1) is 0 Å². The Labute approximate surface area is 146 Å². The van der Waals surface area contributed by atoms with E-state index in [2.05, 4.69) is 54.5 Å². The zero-order chi connectivity index (χ0) is 16.7. The monoisotopic (exact) mass is 333 g/mol. The minimum Gasteiger partial charge on any atom is -0.362 e. The van der Waals surface area contributed by atoms with Gasteiger partial charge in [-0.1, -0.05) is 31.0 Å². The fourth-order valence-corrected chi connectivity index (χ4v) is 3.63. The van der Waals surface area contributed by atoms with Crippen molar-refractivity contribution in [2.45, 2.75) is 58.9 Å². The van der Waals surface area contributed by atoms with Crippen molar-refractivity contribution in [1.29, 1.82) is 0 Å². The molecule has 1 aliphatic heterocycles. The molecule has 3 nitrogen and oxygen atoms in total. The predicted molar refractivity (Wildman–Crippen MR) is 104 cm³/mol. The van der Waals surface area contributed by atoms with Crippen LogP contribution in [-0.4, -0.2) is 35.7 Å². The summed E-state index contributed by atoms with van der Waals surface area (Å²) in [6.07, 6.45) is 6.55. The number of anilines is 1. The lowest BCUT2D eigenvalue weighted by molar-refractivity contribution is 0.143. The second-order valence-electron chi connectivity index (χ2n) is 6.65. The van der Waals surface area contributed by atoms with E-state index in [1.807, 2.05) is 0 Å². The minimum absolute atomic E-state index is 0.725. The molecule has 0 radical (unpaired) electrons. The highest BCUT2D eigenvalue weighted by Crippen LogP contribution is 2.19. The van der Waals surface area contributed by atoms with Gasteiger partial charge in [0.2, 0.25) is 0 Å². The topological polar surface area (TPSA) is 27.3 Å². The van der Waals surface area contributed by atoms with Gasteiger partial charge in [0.25, 0.3) is 0 Å². The first-order valence-electron chi connectivity index (χ1n) is 8.96. The number of nitrogens with zero attached hydrogens (tertiary/aromatic N) is 1. The molecule has 1 aliphatic rings. The fourth-order valence-electron chi connectivity index (χ4n) is 3.42. The van der Waals surface area contributed by atoms with Crippen LogP contribution in [0.1, 0.15) is 50.2 Å². The Morgan fingerprint density at radius 1 is 1.30 bits per heavy atom. The van der Waals surface area contributed by atoms with Crippen LogP contribution in [0.3, 0.4) is 0 Å². The molecule has 0 aromatic heterocycles. The largest absolute Gasteiger partial charge is 0.362 e. The first kappa shape index (κ1) is 18.2. The minimum atomic E-state index is 0.725. The Morgan fingerprint density at radius 3 is 2.87 bits per heavy atom. The molecule has 4 heteroatoms. The van der Waals surface area contributed by atoms with Crippen LogP contribution >= 0.6 is 12.2 Å². The Morgan fingerprint density at radius 2 is 2.13 bits per heavy atom. The molecule has 1 aromatic rings. The molecule has 2 N–H and O–H groups in total. The molecule has 0 saturated carbocycles. The van der Waals surface area contributed by atoms with E-state index < -0.39 is 0 Å². The summed E-state index contributed by atoms with van der Waals surface area (Å²) in [5, 5.41) is 7.37. The standard InChI is InChI=1S/C19H31N3S/c1-4-17-8-5-6-12-22(17)13-7-11-20-19(23)21-18-10-9-15(2)14-16(18)3/h9-10,14,17H,4-8,11-13H2,1-3H3,(H2,20,21,23)/t17-/m0/s1. The van der Waals surface area contributed by atoms with Crippen LogP contribution in [0.2, 0.25) is 0 Å². The summed E-state index contributed by atoms with van der Waals surface area (Å²) in [4.78, 5) is 2.66. The van der Waals surface area contributed by atoms with Crippen LogP contribution in [0.5, 0.6) is 0 Å². The maximum atomic E-state index is 5.41. The second-order valence-corrected chi connectivity index (χ2v) is 7.05. The molecule has 1 aromatic carbocycles. The van der Waals surface area contributed by atoms with Crippen LogP contribution < -0.4 is 10.6 Å². The second kappa shape index (κ2) is 9.24. The molecule has 2 rings (SSSR count). The van der Waals surface area contributed by atoms with Crippen LogP contribution in [0.4, 0.5) is 5.69 Å². The van der Waals surface area contributed by atoms with Crippen molar-refractivity contribution in [1.82, 2.24) is 10.2 Å². The van der Waals surface area contributed by atoms with Crippen LogP contribution in [0, 0.1) is 13.8 Å².